The minimum Gasteiger partial charge on any atom is -0.389 e. The lowest BCUT2D eigenvalue weighted by Gasteiger charge is -2.18. The molecule has 1 aliphatic rings. The number of halogens is 2. The summed E-state index contributed by atoms with van der Waals surface area (Å²) < 4.78 is 25.7. The molecule has 98 valence electrons. The van der Waals surface area contributed by atoms with E-state index in [2.05, 4.69) is 0 Å². The molecule has 0 aromatic heterocycles. The Bertz CT molecular complexity index is 474. The van der Waals surface area contributed by atoms with Crippen molar-refractivity contribution in [2.45, 2.75) is 18.9 Å². The SMILES string of the molecule is CC1(O)CCN(CC(=O)c2ccc(F)c(F)c2)C1. The van der Waals surface area contributed by atoms with E-state index < -0.39 is 17.2 Å². The van der Waals surface area contributed by atoms with Gasteiger partial charge in [-0.3, -0.25) is 9.69 Å². The molecule has 1 atom stereocenters. The highest BCUT2D eigenvalue weighted by Crippen LogP contribution is 2.20. The van der Waals surface area contributed by atoms with Gasteiger partial charge in [0.2, 0.25) is 0 Å². The zero-order valence-corrected chi connectivity index (χ0v) is 10.1. The summed E-state index contributed by atoms with van der Waals surface area (Å²) in [6.07, 6.45) is 0.609. The van der Waals surface area contributed by atoms with Gasteiger partial charge in [0.15, 0.2) is 17.4 Å². The van der Waals surface area contributed by atoms with Gasteiger partial charge in [-0.05, 0) is 31.5 Å². The summed E-state index contributed by atoms with van der Waals surface area (Å²) in [4.78, 5) is 13.7. The fraction of sp³-hybridized carbons (Fsp3) is 0.462. The van der Waals surface area contributed by atoms with Crippen molar-refractivity contribution in [1.29, 1.82) is 0 Å². The molecule has 0 amide bonds. The van der Waals surface area contributed by atoms with Gasteiger partial charge in [-0.25, -0.2) is 8.78 Å². The zero-order chi connectivity index (χ0) is 13.3. The summed E-state index contributed by atoms with van der Waals surface area (Å²) >= 11 is 0. The number of nitrogens with zero attached hydrogens (tertiary/aromatic N) is 1. The first-order valence-electron chi connectivity index (χ1n) is 5.80. The Morgan fingerprint density at radius 1 is 1.44 bits per heavy atom. The molecular formula is C13H15F2NO2. The first kappa shape index (κ1) is 13.1. The highest BCUT2D eigenvalue weighted by Gasteiger charge is 2.32. The minimum absolute atomic E-state index is 0.112. The molecule has 1 heterocycles. The van der Waals surface area contributed by atoms with Crippen LogP contribution >= 0.6 is 0 Å². The molecule has 18 heavy (non-hydrogen) atoms. The third-order valence-electron chi connectivity index (χ3n) is 3.14. The van der Waals surface area contributed by atoms with E-state index in [9.17, 15) is 18.7 Å². The van der Waals surface area contributed by atoms with E-state index >= 15 is 0 Å². The molecule has 5 heteroatoms. The Labute approximate surface area is 104 Å². The number of β-amino-alcohol motifs (C(OH)–C–C–N with tert-alkyl or cyclic N) is 1. The van der Waals surface area contributed by atoms with Gasteiger partial charge in [0.25, 0.3) is 0 Å². The van der Waals surface area contributed by atoms with E-state index in [1.54, 1.807) is 6.92 Å². The van der Waals surface area contributed by atoms with Crippen molar-refractivity contribution in [2.75, 3.05) is 19.6 Å². The average molecular weight is 255 g/mol. The van der Waals surface area contributed by atoms with E-state index in [0.717, 1.165) is 12.1 Å². The first-order valence-corrected chi connectivity index (χ1v) is 5.80. The Hall–Kier alpha value is -1.33. The van der Waals surface area contributed by atoms with Crippen LogP contribution in [0.1, 0.15) is 23.7 Å². The lowest BCUT2D eigenvalue weighted by atomic mass is 10.1. The Balaban J connectivity index is 2.02. The minimum atomic E-state index is -1.02. The van der Waals surface area contributed by atoms with Crippen LogP contribution in [0.3, 0.4) is 0 Å². The normalized spacial score (nSPS) is 24.4. The molecule has 1 N–H and O–H groups in total. The van der Waals surface area contributed by atoms with Crippen LogP contribution in [-0.2, 0) is 0 Å². The van der Waals surface area contributed by atoms with Crippen molar-refractivity contribution in [2.24, 2.45) is 0 Å². The van der Waals surface area contributed by atoms with Crippen molar-refractivity contribution in [1.82, 2.24) is 4.90 Å². The molecule has 1 aliphatic heterocycles. The van der Waals surface area contributed by atoms with Crippen LogP contribution in [0.15, 0.2) is 18.2 Å². The van der Waals surface area contributed by atoms with Crippen LogP contribution < -0.4 is 0 Å². The summed E-state index contributed by atoms with van der Waals surface area (Å²) in [6, 6.07) is 3.13. The average Bonchev–Trinajstić information content (AvgIpc) is 2.62. The van der Waals surface area contributed by atoms with Crippen LogP contribution in [0.25, 0.3) is 0 Å². The van der Waals surface area contributed by atoms with Gasteiger partial charge in [-0.2, -0.15) is 0 Å². The van der Waals surface area contributed by atoms with Gasteiger partial charge >= 0.3 is 0 Å². The number of carbonyl (C=O) groups excluding carboxylic acids is 1. The van der Waals surface area contributed by atoms with Crippen LogP contribution in [0.2, 0.25) is 0 Å². The number of hydrogen-bond acceptors (Lipinski definition) is 3. The summed E-state index contributed by atoms with van der Waals surface area (Å²) in [5, 5.41) is 9.77. The number of Topliss-reactive ketones (excluding diaryl/α,β-unsaturated/α-hetero) is 1. The van der Waals surface area contributed by atoms with Crippen molar-refractivity contribution in [3.8, 4) is 0 Å². The summed E-state index contributed by atoms with van der Waals surface area (Å²) in [5.74, 6) is -2.25. The maximum Gasteiger partial charge on any atom is 0.176 e. The maximum atomic E-state index is 13.0. The number of benzene rings is 1. The molecule has 2 rings (SSSR count). The Morgan fingerprint density at radius 3 is 2.72 bits per heavy atom. The van der Waals surface area contributed by atoms with Crippen LogP contribution in [0.4, 0.5) is 8.78 Å². The molecule has 0 bridgehead atoms. The van der Waals surface area contributed by atoms with Gasteiger partial charge in [0.1, 0.15) is 0 Å². The van der Waals surface area contributed by atoms with Gasteiger partial charge in [0, 0.05) is 18.7 Å². The highest BCUT2D eigenvalue weighted by atomic mass is 19.2. The summed E-state index contributed by atoms with van der Waals surface area (Å²) in [5.41, 5.74) is -0.616. The van der Waals surface area contributed by atoms with Gasteiger partial charge < -0.3 is 5.11 Å². The number of ketones is 1. The van der Waals surface area contributed by atoms with Gasteiger partial charge in [0.05, 0.1) is 12.1 Å². The number of hydrogen-bond donors (Lipinski definition) is 1. The molecule has 0 aliphatic carbocycles. The molecule has 1 unspecified atom stereocenters. The van der Waals surface area contributed by atoms with Crippen molar-refractivity contribution < 1.29 is 18.7 Å². The molecular weight excluding hydrogens is 240 g/mol. The highest BCUT2D eigenvalue weighted by molar-refractivity contribution is 5.97. The van der Waals surface area contributed by atoms with E-state index in [0.29, 0.717) is 19.5 Å². The molecule has 0 spiro atoms. The summed E-state index contributed by atoms with van der Waals surface area (Å²) in [6.45, 7) is 2.88. The van der Waals surface area contributed by atoms with E-state index in [1.165, 1.54) is 6.07 Å². The van der Waals surface area contributed by atoms with E-state index in [1.807, 2.05) is 4.90 Å². The van der Waals surface area contributed by atoms with Crippen LogP contribution in [0, 0.1) is 11.6 Å². The molecule has 0 radical (unpaired) electrons. The predicted octanol–water partition coefficient (Wildman–Crippen LogP) is 1.60. The largest absolute Gasteiger partial charge is 0.389 e. The Morgan fingerprint density at radius 2 is 2.17 bits per heavy atom. The molecule has 3 nitrogen and oxygen atoms in total. The van der Waals surface area contributed by atoms with E-state index in [4.69, 9.17) is 0 Å². The number of rotatable bonds is 3. The second-order valence-corrected chi connectivity index (χ2v) is 5.01. The fourth-order valence-corrected chi connectivity index (χ4v) is 2.14. The van der Waals surface area contributed by atoms with Crippen LogP contribution in [0.5, 0.6) is 0 Å². The first-order chi connectivity index (χ1) is 8.37. The standard InChI is InChI=1S/C13H15F2NO2/c1-13(18)4-5-16(8-13)7-12(17)9-2-3-10(14)11(15)6-9/h2-3,6,18H,4-5,7-8H2,1H3. The van der Waals surface area contributed by atoms with Crippen molar-refractivity contribution >= 4 is 5.78 Å². The number of aliphatic hydroxyl groups is 1. The lowest BCUT2D eigenvalue weighted by Crippen LogP contribution is -2.33. The second-order valence-electron chi connectivity index (χ2n) is 5.01. The Kier molecular flexibility index (Phi) is 3.45. The lowest BCUT2D eigenvalue weighted by molar-refractivity contribution is 0.0669. The van der Waals surface area contributed by atoms with E-state index in [-0.39, 0.29) is 17.9 Å². The van der Waals surface area contributed by atoms with Crippen molar-refractivity contribution in [3.05, 3.63) is 35.4 Å². The molecule has 1 aromatic carbocycles. The van der Waals surface area contributed by atoms with Gasteiger partial charge in [-0.15, -0.1) is 0 Å². The van der Waals surface area contributed by atoms with Crippen LogP contribution in [-0.4, -0.2) is 41.0 Å². The predicted molar refractivity (Wildman–Crippen MR) is 62.4 cm³/mol. The quantitative estimate of drug-likeness (QED) is 0.834. The molecule has 1 fully saturated rings. The number of likely N-dealkylation sites (tertiary alicyclic amines) is 1. The second kappa shape index (κ2) is 4.74. The van der Waals surface area contributed by atoms with Crippen molar-refractivity contribution in [3.63, 3.8) is 0 Å². The smallest absolute Gasteiger partial charge is 0.176 e. The van der Waals surface area contributed by atoms with Gasteiger partial charge in [-0.1, -0.05) is 0 Å². The number of carbonyl (C=O) groups is 1. The molecule has 1 saturated heterocycles. The maximum absolute atomic E-state index is 13.0. The zero-order valence-electron chi connectivity index (χ0n) is 10.1. The third kappa shape index (κ3) is 2.91. The monoisotopic (exact) mass is 255 g/mol. The fourth-order valence-electron chi connectivity index (χ4n) is 2.14. The topological polar surface area (TPSA) is 40.5 Å². The third-order valence-corrected chi connectivity index (χ3v) is 3.14. The molecule has 0 saturated carbocycles. The molecule has 1 aromatic rings. The summed E-state index contributed by atoms with van der Waals surface area (Å²) in [7, 11) is 0.